The zero-order chi connectivity index (χ0) is 12.2. The summed E-state index contributed by atoms with van der Waals surface area (Å²) in [4.78, 5) is 0. The summed E-state index contributed by atoms with van der Waals surface area (Å²) in [7, 11) is -2.56. The summed E-state index contributed by atoms with van der Waals surface area (Å²) >= 11 is 5.79. The van der Waals surface area contributed by atoms with Crippen LogP contribution in [-0.4, -0.2) is 19.4 Å². The van der Waals surface area contributed by atoms with E-state index in [0.29, 0.717) is 17.8 Å². The molecule has 0 amide bonds. The maximum atomic E-state index is 12.0. The van der Waals surface area contributed by atoms with E-state index in [4.69, 9.17) is 16.1 Å². The van der Waals surface area contributed by atoms with Crippen molar-refractivity contribution in [1.29, 1.82) is 0 Å². The van der Waals surface area contributed by atoms with Crippen molar-refractivity contribution < 1.29 is 9.09 Å². The Balaban J connectivity index is 2.73. The average Bonchev–Trinajstić information content (AvgIpc) is 2.17. The molecule has 0 aliphatic heterocycles. The van der Waals surface area contributed by atoms with Crippen molar-refractivity contribution in [2.24, 2.45) is 0 Å². The summed E-state index contributed by atoms with van der Waals surface area (Å²) in [6, 6.07) is 7.33. The van der Waals surface area contributed by atoms with Crippen LogP contribution in [0.1, 0.15) is 12.5 Å². The molecule has 0 bridgehead atoms. The van der Waals surface area contributed by atoms with Crippen molar-refractivity contribution >= 4 is 24.5 Å². The lowest BCUT2D eigenvalue weighted by Gasteiger charge is -2.14. The van der Waals surface area contributed by atoms with Crippen LogP contribution in [0.15, 0.2) is 30.8 Å². The van der Waals surface area contributed by atoms with Crippen molar-refractivity contribution in [2.75, 3.05) is 19.4 Å². The van der Waals surface area contributed by atoms with Crippen LogP contribution in [0.25, 0.3) is 5.57 Å². The number of hydrogen-bond donors (Lipinski definition) is 0. The van der Waals surface area contributed by atoms with Gasteiger partial charge in [-0.05, 0) is 30.2 Å². The normalized spacial score (nSPS) is 14.4. The molecule has 1 unspecified atom stereocenters. The van der Waals surface area contributed by atoms with E-state index in [-0.39, 0.29) is 0 Å². The fourth-order valence-electron chi connectivity index (χ4n) is 1.44. The molecule has 2 nitrogen and oxygen atoms in total. The Labute approximate surface area is 102 Å². The van der Waals surface area contributed by atoms with Gasteiger partial charge in [0.05, 0.1) is 6.61 Å². The van der Waals surface area contributed by atoms with Crippen LogP contribution >= 0.6 is 19.0 Å². The highest BCUT2D eigenvalue weighted by atomic mass is 35.5. The summed E-state index contributed by atoms with van der Waals surface area (Å²) in [6.07, 6.45) is 0.377. The predicted octanol–water partition coefficient (Wildman–Crippen LogP) is 4.30. The third-order valence-electron chi connectivity index (χ3n) is 2.13. The van der Waals surface area contributed by atoms with Gasteiger partial charge in [0.1, 0.15) is 0 Å². The van der Waals surface area contributed by atoms with E-state index in [1.165, 1.54) is 0 Å². The molecule has 0 saturated carbocycles. The van der Waals surface area contributed by atoms with Crippen molar-refractivity contribution in [1.82, 2.24) is 0 Å². The number of benzene rings is 1. The lowest BCUT2D eigenvalue weighted by atomic mass is 10.1. The third kappa shape index (κ3) is 4.13. The Kier molecular flexibility index (Phi) is 4.79. The predicted molar refractivity (Wildman–Crippen MR) is 70.5 cm³/mol. The van der Waals surface area contributed by atoms with Crippen molar-refractivity contribution in [3.05, 3.63) is 41.4 Å². The van der Waals surface area contributed by atoms with E-state index in [1.54, 1.807) is 18.8 Å². The van der Waals surface area contributed by atoms with E-state index in [0.717, 1.165) is 11.1 Å². The summed E-state index contributed by atoms with van der Waals surface area (Å²) in [6.45, 7) is 7.86. The molecule has 1 aromatic rings. The maximum absolute atomic E-state index is 12.0. The molecule has 0 spiro atoms. The molecular weight excluding hydrogens is 243 g/mol. The van der Waals surface area contributed by atoms with Gasteiger partial charge in [-0.2, -0.15) is 0 Å². The molecule has 0 aliphatic carbocycles. The number of rotatable bonds is 5. The fraction of sp³-hybridized carbons (Fsp3) is 0.333. The highest BCUT2D eigenvalue weighted by Crippen LogP contribution is 2.45. The summed E-state index contributed by atoms with van der Waals surface area (Å²) < 4.78 is 17.2. The Morgan fingerprint density at radius 2 is 2.00 bits per heavy atom. The average molecular weight is 259 g/mol. The Hall–Kier alpha value is -0.560. The topological polar surface area (TPSA) is 26.3 Å². The van der Waals surface area contributed by atoms with Crippen LogP contribution in [0.3, 0.4) is 0 Å². The van der Waals surface area contributed by atoms with E-state index in [2.05, 4.69) is 6.58 Å². The summed E-state index contributed by atoms with van der Waals surface area (Å²) in [5.74, 6) is 0. The monoisotopic (exact) mass is 258 g/mol. The van der Waals surface area contributed by atoms with Gasteiger partial charge in [0, 0.05) is 17.8 Å². The van der Waals surface area contributed by atoms with E-state index >= 15 is 0 Å². The Morgan fingerprint density at radius 1 is 1.44 bits per heavy atom. The highest BCUT2D eigenvalue weighted by Gasteiger charge is 2.17. The van der Waals surface area contributed by atoms with Crippen LogP contribution in [0.2, 0.25) is 5.02 Å². The van der Waals surface area contributed by atoms with Gasteiger partial charge in [0.15, 0.2) is 0 Å². The number of hydrogen-bond acceptors (Lipinski definition) is 2. The molecule has 0 radical (unpaired) electrons. The molecule has 4 heteroatoms. The molecule has 1 atom stereocenters. The van der Waals surface area contributed by atoms with Gasteiger partial charge in [-0.15, -0.1) is 0 Å². The number of allylic oxidation sites excluding steroid dienone is 1. The fourth-order valence-corrected chi connectivity index (χ4v) is 3.08. The zero-order valence-corrected chi connectivity index (χ0v) is 11.2. The zero-order valence-electron chi connectivity index (χ0n) is 9.57. The first-order chi connectivity index (χ1) is 7.44. The molecule has 0 saturated heterocycles. The first kappa shape index (κ1) is 13.5. The van der Waals surface area contributed by atoms with E-state index in [9.17, 15) is 4.57 Å². The first-order valence-corrected chi connectivity index (χ1v) is 7.73. The van der Waals surface area contributed by atoms with Crippen molar-refractivity contribution in [3.63, 3.8) is 0 Å². The standard InChI is InChI=1S/C12H16ClO2P/c1-4-15-16(3,14)9-10(2)11-5-7-12(13)8-6-11/h5-8H,2,4,9H2,1,3H3. The minimum absolute atomic E-state index is 0.377. The summed E-state index contributed by atoms with van der Waals surface area (Å²) in [5, 5.41) is 0.682. The molecule has 0 fully saturated rings. The van der Waals surface area contributed by atoms with Crippen LogP contribution < -0.4 is 0 Å². The minimum atomic E-state index is -2.56. The van der Waals surface area contributed by atoms with Gasteiger partial charge in [-0.1, -0.05) is 30.3 Å². The maximum Gasteiger partial charge on any atom is 0.204 e. The van der Waals surface area contributed by atoms with Crippen LogP contribution in [-0.2, 0) is 9.09 Å². The van der Waals surface area contributed by atoms with Gasteiger partial charge in [0.2, 0.25) is 7.37 Å². The van der Waals surface area contributed by atoms with Gasteiger partial charge >= 0.3 is 0 Å². The minimum Gasteiger partial charge on any atom is -0.329 e. The molecule has 0 aliphatic rings. The summed E-state index contributed by atoms with van der Waals surface area (Å²) in [5.41, 5.74) is 1.77. The molecule has 1 rings (SSSR count). The second-order valence-corrected chi connectivity index (χ2v) is 6.74. The largest absolute Gasteiger partial charge is 0.329 e. The van der Waals surface area contributed by atoms with Crippen LogP contribution in [0, 0.1) is 0 Å². The van der Waals surface area contributed by atoms with Crippen molar-refractivity contribution in [2.45, 2.75) is 6.92 Å². The van der Waals surface area contributed by atoms with Crippen LogP contribution in [0.4, 0.5) is 0 Å². The second-order valence-electron chi connectivity index (χ2n) is 3.70. The lowest BCUT2D eigenvalue weighted by Crippen LogP contribution is -1.96. The van der Waals surface area contributed by atoms with E-state index in [1.807, 2.05) is 19.1 Å². The molecule has 0 heterocycles. The van der Waals surface area contributed by atoms with Crippen molar-refractivity contribution in [3.8, 4) is 0 Å². The van der Waals surface area contributed by atoms with Gasteiger partial charge in [0.25, 0.3) is 0 Å². The molecule has 16 heavy (non-hydrogen) atoms. The van der Waals surface area contributed by atoms with Gasteiger partial charge in [-0.25, -0.2) is 0 Å². The SMILES string of the molecule is C=C(CP(C)(=O)OCC)c1ccc(Cl)cc1. The molecule has 0 aromatic heterocycles. The quantitative estimate of drug-likeness (QED) is 0.736. The Morgan fingerprint density at radius 3 is 2.50 bits per heavy atom. The van der Waals surface area contributed by atoms with Gasteiger partial charge in [-0.3, -0.25) is 4.57 Å². The molecular formula is C12H16ClO2P. The Bertz CT molecular complexity index is 412. The third-order valence-corrected chi connectivity index (χ3v) is 4.15. The smallest absolute Gasteiger partial charge is 0.204 e. The number of halogens is 1. The highest BCUT2D eigenvalue weighted by molar-refractivity contribution is 7.58. The molecule has 0 N–H and O–H groups in total. The van der Waals surface area contributed by atoms with Crippen LogP contribution in [0.5, 0.6) is 0 Å². The lowest BCUT2D eigenvalue weighted by molar-refractivity contribution is 0.339. The van der Waals surface area contributed by atoms with Gasteiger partial charge < -0.3 is 4.52 Å². The first-order valence-electron chi connectivity index (χ1n) is 5.09. The second kappa shape index (κ2) is 5.67. The molecule has 1 aromatic carbocycles. The van der Waals surface area contributed by atoms with E-state index < -0.39 is 7.37 Å². The molecule has 88 valence electrons.